The van der Waals surface area contributed by atoms with Gasteiger partial charge in [-0.2, -0.15) is 0 Å². The average molecular weight is 236 g/mol. The second kappa shape index (κ2) is 4.70. The standard InChI is InChI=1S/C13H20O2Si/c1-16(2,3)10-12-9-14-13(15-12)11-7-5-4-6-8-11/h4-8,12-13H,9-10H2,1-3H3. The minimum atomic E-state index is -1.06. The Morgan fingerprint density at radius 3 is 2.50 bits per heavy atom. The highest BCUT2D eigenvalue weighted by Crippen LogP contribution is 2.30. The van der Waals surface area contributed by atoms with Gasteiger partial charge in [0.15, 0.2) is 6.29 Å². The number of rotatable bonds is 3. The zero-order chi connectivity index (χ0) is 11.6. The van der Waals surface area contributed by atoms with Crippen LogP contribution in [-0.2, 0) is 9.47 Å². The molecule has 1 aromatic carbocycles. The molecular formula is C13H20O2Si. The fourth-order valence-electron chi connectivity index (χ4n) is 2.02. The fourth-order valence-corrected chi connectivity index (χ4v) is 3.60. The van der Waals surface area contributed by atoms with Gasteiger partial charge in [-0.1, -0.05) is 50.0 Å². The summed E-state index contributed by atoms with van der Waals surface area (Å²) in [5.74, 6) is 0. The molecule has 0 saturated carbocycles. The van der Waals surface area contributed by atoms with E-state index in [2.05, 4.69) is 31.8 Å². The largest absolute Gasteiger partial charge is 0.346 e. The quantitative estimate of drug-likeness (QED) is 0.749. The first-order valence-corrected chi connectivity index (χ1v) is 9.57. The smallest absolute Gasteiger partial charge is 0.184 e. The van der Waals surface area contributed by atoms with E-state index in [4.69, 9.17) is 9.47 Å². The summed E-state index contributed by atoms with van der Waals surface area (Å²) >= 11 is 0. The van der Waals surface area contributed by atoms with Crippen LogP contribution in [0.5, 0.6) is 0 Å². The Labute approximate surface area is 98.6 Å². The van der Waals surface area contributed by atoms with Crippen LogP contribution in [0.15, 0.2) is 30.3 Å². The summed E-state index contributed by atoms with van der Waals surface area (Å²) in [6.07, 6.45) is 0.138. The van der Waals surface area contributed by atoms with Crippen LogP contribution in [0.3, 0.4) is 0 Å². The Hall–Kier alpha value is -0.643. The molecule has 0 aliphatic carbocycles. The molecule has 1 aliphatic rings. The lowest BCUT2D eigenvalue weighted by Gasteiger charge is -2.19. The summed E-state index contributed by atoms with van der Waals surface area (Å²) in [6.45, 7) is 7.84. The van der Waals surface area contributed by atoms with Crippen LogP contribution in [0, 0.1) is 0 Å². The van der Waals surface area contributed by atoms with Crippen molar-refractivity contribution in [3.8, 4) is 0 Å². The van der Waals surface area contributed by atoms with Gasteiger partial charge in [0.05, 0.1) is 12.7 Å². The molecule has 0 aromatic heterocycles. The van der Waals surface area contributed by atoms with Crippen molar-refractivity contribution in [1.82, 2.24) is 0 Å². The second-order valence-corrected chi connectivity index (χ2v) is 11.1. The van der Waals surface area contributed by atoms with E-state index >= 15 is 0 Å². The first-order chi connectivity index (χ1) is 7.54. The van der Waals surface area contributed by atoms with Crippen molar-refractivity contribution in [3.63, 3.8) is 0 Å². The van der Waals surface area contributed by atoms with Crippen LogP contribution < -0.4 is 0 Å². The van der Waals surface area contributed by atoms with E-state index in [-0.39, 0.29) is 12.4 Å². The average Bonchev–Trinajstić information content (AvgIpc) is 2.65. The van der Waals surface area contributed by atoms with Gasteiger partial charge in [-0.25, -0.2) is 0 Å². The lowest BCUT2D eigenvalue weighted by atomic mass is 10.2. The monoisotopic (exact) mass is 236 g/mol. The Bertz CT molecular complexity index is 332. The Morgan fingerprint density at radius 1 is 1.19 bits per heavy atom. The molecule has 1 fully saturated rings. The first-order valence-electron chi connectivity index (χ1n) is 5.87. The third kappa shape index (κ3) is 3.17. The molecule has 16 heavy (non-hydrogen) atoms. The Kier molecular flexibility index (Phi) is 3.47. The van der Waals surface area contributed by atoms with Crippen molar-refractivity contribution in [2.75, 3.05) is 6.61 Å². The highest BCUT2D eigenvalue weighted by molar-refractivity contribution is 6.76. The van der Waals surface area contributed by atoms with Gasteiger partial charge in [-0.3, -0.25) is 0 Å². The maximum Gasteiger partial charge on any atom is 0.184 e. The molecule has 0 amide bonds. The van der Waals surface area contributed by atoms with Crippen molar-refractivity contribution < 1.29 is 9.47 Å². The molecule has 1 heterocycles. The second-order valence-electron chi connectivity index (χ2n) is 5.60. The van der Waals surface area contributed by atoms with Gasteiger partial charge in [-0.05, 0) is 6.04 Å². The van der Waals surface area contributed by atoms with E-state index in [1.165, 1.54) is 6.04 Å². The topological polar surface area (TPSA) is 18.5 Å². The summed E-state index contributed by atoms with van der Waals surface area (Å²) in [5, 5.41) is 0. The zero-order valence-corrected chi connectivity index (χ0v) is 11.3. The summed E-state index contributed by atoms with van der Waals surface area (Å²) in [7, 11) is -1.06. The number of ether oxygens (including phenoxy) is 2. The minimum absolute atomic E-state index is 0.150. The maximum atomic E-state index is 5.94. The summed E-state index contributed by atoms with van der Waals surface area (Å²) < 4.78 is 11.6. The molecule has 88 valence electrons. The SMILES string of the molecule is C[Si](C)(C)CC1COC(c2ccccc2)O1. The third-order valence-electron chi connectivity index (χ3n) is 2.66. The highest BCUT2D eigenvalue weighted by Gasteiger charge is 2.30. The molecule has 2 rings (SSSR count). The molecule has 2 unspecified atom stereocenters. The molecule has 0 spiro atoms. The predicted octanol–water partition coefficient (Wildman–Crippen LogP) is 3.44. The highest BCUT2D eigenvalue weighted by atomic mass is 28.3. The van der Waals surface area contributed by atoms with Crippen LogP contribution >= 0.6 is 0 Å². The molecule has 2 nitrogen and oxygen atoms in total. The molecule has 1 saturated heterocycles. The van der Waals surface area contributed by atoms with Crippen LogP contribution in [0.25, 0.3) is 0 Å². The van der Waals surface area contributed by atoms with E-state index in [0.717, 1.165) is 12.2 Å². The molecule has 0 bridgehead atoms. The molecule has 0 N–H and O–H groups in total. The minimum Gasteiger partial charge on any atom is -0.346 e. The van der Waals surface area contributed by atoms with Crippen LogP contribution in [0.4, 0.5) is 0 Å². The van der Waals surface area contributed by atoms with E-state index in [9.17, 15) is 0 Å². The summed E-state index contributed by atoms with van der Waals surface area (Å²) in [6, 6.07) is 11.3. The van der Waals surface area contributed by atoms with Crippen molar-refractivity contribution >= 4 is 8.07 Å². The summed E-state index contributed by atoms with van der Waals surface area (Å²) in [4.78, 5) is 0. The number of hydrogen-bond acceptors (Lipinski definition) is 2. The van der Waals surface area contributed by atoms with Gasteiger partial charge in [0.25, 0.3) is 0 Å². The lowest BCUT2D eigenvalue weighted by Crippen LogP contribution is -2.27. The normalized spacial score (nSPS) is 25.9. The van der Waals surface area contributed by atoms with E-state index in [1.807, 2.05) is 18.2 Å². The van der Waals surface area contributed by atoms with Crippen molar-refractivity contribution in [1.29, 1.82) is 0 Å². The number of hydrogen-bond donors (Lipinski definition) is 0. The van der Waals surface area contributed by atoms with Crippen molar-refractivity contribution in [3.05, 3.63) is 35.9 Å². The molecule has 0 radical (unpaired) electrons. The molecule has 1 aliphatic heterocycles. The van der Waals surface area contributed by atoms with Crippen LogP contribution in [0.1, 0.15) is 11.9 Å². The zero-order valence-electron chi connectivity index (χ0n) is 10.3. The Balaban J connectivity index is 1.94. The molecule has 3 heteroatoms. The van der Waals surface area contributed by atoms with Gasteiger partial charge in [-0.15, -0.1) is 0 Å². The van der Waals surface area contributed by atoms with Gasteiger partial charge >= 0.3 is 0 Å². The van der Waals surface area contributed by atoms with Crippen molar-refractivity contribution in [2.24, 2.45) is 0 Å². The molecule has 1 aromatic rings. The van der Waals surface area contributed by atoms with E-state index in [0.29, 0.717) is 0 Å². The van der Waals surface area contributed by atoms with Gasteiger partial charge in [0.2, 0.25) is 0 Å². The molecule has 2 atom stereocenters. The van der Waals surface area contributed by atoms with Gasteiger partial charge in [0, 0.05) is 13.6 Å². The summed E-state index contributed by atoms with van der Waals surface area (Å²) in [5.41, 5.74) is 1.13. The van der Waals surface area contributed by atoms with E-state index < -0.39 is 8.07 Å². The van der Waals surface area contributed by atoms with Gasteiger partial charge in [0.1, 0.15) is 0 Å². The van der Waals surface area contributed by atoms with Crippen LogP contribution in [-0.4, -0.2) is 20.8 Å². The number of benzene rings is 1. The maximum absolute atomic E-state index is 5.94. The van der Waals surface area contributed by atoms with E-state index in [1.54, 1.807) is 0 Å². The first kappa shape index (κ1) is 11.8. The third-order valence-corrected chi connectivity index (χ3v) is 4.34. The Morgan fingerprint density at radius 2 is 1.88 bits per heavy atom. The van der Waals surface area contributed by atoms with Crippen LogP contribution in [0.2, 0.25) is 25.7 Å². The van der Waals surface area contributed by atoms with Gasteiger partial charge < -0.3 is 9.47 Å². The molecular weight excluding hydrogens is 216 g/mol. The lowest BCUT2D eigenvalue weighted by molar-refractivity contribution is -0.0573. The predicted molar refractivity (Wildman–Crippen MR) is 68.2 cm³/mol. The van der Waals surface area contributed by atoms with Crippen molar-refractivity contribution in [2.45, 2.75) is 38.1 Å². The fraction of sp³-hybridized carbons (Fsp3) is 0.538.